The highest BCUT2D eigenvalue weighted by atomic mass is 35.5. The number of halogens is 4. The lowest BCUT2D eigenvalue weighted by molar-refractivity contribution is -0.137. The first kappa shape index (κ1) is 23.6. The summed E-state index contributed by atoms with van der Waals surface area (Å²) in [5.41, 5.74) is -0.0767. The highest BCUT2D eigenvalue weighted by molar-refractivity contribution is 6.31. The first-order valence-electron chi connectivity index (χ1n) is 9.54. The predicted molar refractivity (Wildman–Crippen MR) is 115 cm³/mol. The SMILES string of the molecule is CC(C(=O)N1CC(=O)Nc2ccccc21)N(C)CC(=O)Nc1ccc(Cl)c(C(F)(F)F)c1. The second kappa shape index (κ2) is 9.17. The van der Waals surface area contributed by atoms with Crippen LogP contribution in [0.2, 0.25) is 5.02 Å². The Balaban J connectivity index is 1.67. The molecule has 1 unspecified atom stereocenters. The summed E-state index contributed by atoms with van der Waals surface area (Å²) in [4.78, 5) is 40.1. The topological polar surface area (TPSA) is 81.8 Å². The molecule has 0 spiro atoms. The number of carbonyl (C=O) groups excluding carboxylic acids is 3. The highest BCUT2D eigenvalue weighted by Crippen LogP contribution is 2.36. The monoisotopic (exact) mass is 468 g/mol. The summed E-state index contributed by atoms with van der Waals surface area (Å²) < 4.78 is 39.0. The normalized spacial score (nSPS) is 14.6. The van der Waals surface area contributed by atoms with Crippen LogP contribution in [0, 0.1) is 0 Å². The molecule has 11 heteroatoms. The molecule has 2 aromatic carbocycles. The van der Waals surface area contributed by atoms with Crippen LogP contribution in [0.15, 0.2) is 42.5 Å². The molecule has 1 atom stereocenters. The summed E-state index contributed by atoms with van der Waals surface area (Å²) in [6.07, 6.45) is -4.66. The van der Waals surface area contributed by atoms with Gasteiger partial charge in [-0.3, -0.25) is 24.2 Å². The van der Waals surface area contributed by atoms with Gasteiger partial charge in [0.05, 0.1) is 34.5 Å². The van der Waals surface area contributed by atoms with Crippen LogP contribution in [-0.4, -0.2) is 48.8 Å². The summed E-state index contributed by atoms with van der Waals surface area (Å²) in [6, 6.07) is 9.12. The van der Waals surface area contributed by atoms with Crippen LogP contribution < -0.4 is 15.5 Å². The minimum Gasteiger partial charge on any atom is -0.325 e. The number of rotatable bonds is 5. The molecule has 0 aliphatic carbocycles. The van der Waals surface area contributed by atoms with E-state index in [9.17, 15) is 27.6 Å². The third-order valence-electron chi connectivity index (χ3n) is 5.00. The molecule has 3 amide bonds. The zero-order valence-electron chi connectivity index (χ0n) is 17.2. The Bertz CT molecular complexity index is 1060. The van der Waals surface area contributed by atoms with Gasteiger partial charge in [-0.25, -0.2) is 0 Å². The molecule has 3 rings (SSSR count). The Kier molecular flexibility index (Phi) is 6.75. The van der Waals surface area contributed by atoms with Gasteiger partial charge in [0, 0.05) is 5.69 Å². The van der Waals surface area contributed by atoms with Crippen molar-refractivity contribution >= 4 is 46.4 Å². The van der Waals surface area contributed by atoms with Crippen molar-refractivity contribution in [3.63, 3.8) is 0 Å². The zero-order chi connectivity index (χ0) is 23.6. The molecule has 0 fully saturated rings. The first-order chi connectivity index (χ1) is 15.0. The fraction of sp³-hybridized carbons (Fsp3) is 0.286. The number of nitrogens with one attached hydrogen (secondary N) is 2. The number of benzene rings is 2. The van der Waals surface area contributed by atoms with Crippen molar-refractivity contribution < 1.29 is 27.6 Å². The van der Waals surface area contributed by atoms with Crippen LogP contribution >= 0.6 is 11.6 Å². The maximum absolute atomic E-state index is 13.0. The molecule has 0 aromatic heterocycles. The Hall–Kier alpha value is -3.11. The number of nitrogens with zero attached hydrogens (tertiary/aromatic N) is 2. The lowest BCUT2D eigenvalue weighted by Crippen LogP contribution is -2.51. The molecule has 0 radical (unpaired) electrons. The Morgan fingerprint density at radius 1 is 1.25 bits per heavy atom. The van der Waals surface area contributed by atoms with Crippen molar-refractivity contribution in [1.29, 1.82) is 0 Å². The fourth-order valence-corrected chi connectivity index (χ4v) is 3.45. The molecular weight excluding hydrogens is 449 g/mol. The van der Waals surface area contributed by atoms with Crippen LogP contribution in [0.25, 0.3) is 0 Å². The summed E-state index contributed by atoms with van der Waals surface area (Å²) in [5, 5.41) is 4.60. The number of fused-ring (bicyclic) bond motifs is 1. The molecule has 1 aliphatic rings. The predicted octanol–water partition coefficient (Wildman–Crippen LogP) is 3.60. The summed E-state index contributed by atoms with van der Waals surface area (Å²) in [5.74, 6) is -1.35. The molecule has 2 N–H and O–H groups in total. The third kappa shape index (κ3) is 5.20. The molecule has 0 saturated heterocycles. The number of amides is 3. The molecule has 7 nitrogen and oxygen atoms in total. The number of para-hydroxylation sites is 2. The van der Waals surface area contributed by atoms with E-state index in [1.165, 1.54) is 22.9 Å². The van der Waals surface area contributed by atoms with E-state index >= 15 is 0 Å². The van der Waals surface area contributed by atoms with Crippen LogP contribution in [0.5, 0.6) is 0 Å². The third-order valence-corrected chi connectivity index (χ3v) is 5.33. The Labute approximate surface area is 187 Å². The van der Waals surface area contributed by atoms with E-state index in [2.05, 4.69) is 10.6 Å². The highest BCUT2D eigenvalue weighted by Gasteiger charge is 2.34. The number of anilines is 3. The van der Waals surface area contributed by atoms with Crippen LogP contribution in [0.4, 0.5) is 30.2 Å². The molecular formula is C21H20ClF3N4O3. The summed E-state index contributed by atoms with van der Waals surface area (Å²) in [7, 11) is 1.53. The van der Waals surface area contributed by atoms with Gasteiger partial charge in [-0.15, -0.1) is 0 Å². The molecule has 1 heterocycles. The van der Waals surface area contributed by atoms with Crippen LogP contribution in [-0.2, 0) is 20.6 Å². The van der Waals surface area contributed by atoms with Gasteiger partial charge >= 0.3 is 6.18 Å². The second-order valence-electron chi connectivity index (χ2n) is 7.32. The van der Waals surface area contributed by atoms with E-state index in [1.807, 2.05) is 0 Å². The smallest absolute Gasteiger partial charge is 0.325 e. The van der Waals surface area contributed by atoms with Gasteiger partial charge in [-0.2, -0.15) is 13.2 Å². The van der Waals surface area contributed by atoms with Gasteiger partial charge < -0.3 is 10.6 Å². The van der Waals surface area contributed by atoms with Gasteiger partial charge in [-0.1, -0.05) is 23.7 Å². The van der Waals surface area contributed by atoms with Crippen LogP contribution in [0.1, 0.15) is 12.5 Å². The molecule has 1 aliphatic heterocycles. The second-order valence-corrected chi connectivity index (χ2v) is 7.73. The molecule has 0 saturated carbocycles. The summed E-state index contributed by atoms with van der Waals surface area (Å²) in [6.45, 7) is 1.15. The lowest BCUT2D eigenvalue weighted by atomic mass is 10.1. The van der Waals surface area contributed by atoms with Crippen molar-refractivity contribution in [2.75, 3.05) is 35.7 Å². The number of hydrogen-bond acceptors (Lipinski definition) is 4. The van der Waals surface area contributed by atoms with E-state index in [1.54, 1.807) is 31.2 Å². The standard InChI is InChI=1S/C21H20ClF3N4O3/c1-12(20(32)29-11-19(31)27-16-5-3-4-6-17(16)29)28(2)10-18(30)26-13-7-8-15(22)14(9-13)21(23,24)25/h3-9,12H,10-11H2,1-2H3,(H,26,30)(H,27,31). The number of likely N-dealkylation sites (N-methyl/N-ethyl adjacent to an activating group) is 1. The largest absolute Gasteiger partial charge is 0.417 e. The van der Waals surface area contributed by atoms with Crippen LogP contribution in [0.3, 0.4) is 0 Å². The Morgan fingerprint density at radius 3 is 2.62 bits per heavy atom. The molecule has 32 heavy (non-hydrogen) atoms. The average Bonchev–Trinajstić information content (AvgIpc) is 2.72. The van der Waals surface area contributed by atoms with Crippen molar-refractivity contribution in [3.05, 3.63) is 53.1 Å². The van der Waals surface area contributed by atoms with E-state index in [4.69, 9.17) is 11.6 Å². The van der Waals surface area contributed by atoms with Gasteiger partial charge in [0.2, 0.25) is 17.7 Å². The first-order valence-corrected chi connectivity index (χ1v) is 9.92. The van der Waals surface area contributed by atoms with Gasteiger partial charge in [0.25, 0.3) is 0 Å². The lowest BCUT2D eigenvalue weighted by Gasteiger charge is -2.33. The molecule has 170 valence electrons. The van der Waals surface area contributed by atoms with Crippen molar-refractivity contribution in [3.8, 4) is 0 Å². The number of carbonyl (C=O) groups is 3. The quantitative estimate of drug-likeness (QED) is 0.702. The van der Waals surface area contributed by atoms with Gasteiger partial charge in [0.15, 0.2) is 0 Å². The fourth-order valence-electron chi connectivity index (χ4n) is 3.23. The zero-order valence-corrected chi connectivity index (χ0v) is 17.9. The maximum atomic E-state index is 13.0. The maximum Gasteiger partial charge on any atom is 0.417 e. The van der Waals surface area contributed by atoms with Crippen molar-refractivity contribution in [2.24, 2.45) is 0 Å². The van der Waals surface area contributed by atoms with E-state index in [0.717, 1.165) is 12.1 Å². The van der Waals surface area contributed by atoms with E-state index < -0.39 is 34.6 Å². The van der Waals surface area contributed by atoms with E-state index in [-0.39, 0.29) is 24.7 Å². The average molecular weight is 469 g/mol. The van der Waals surface area contributed by atoms with Crippen molar-refractivity contribution in [2.45, 2.75) is 19.1 Å². The van der Waals surface area contributed by atoms with E-state index in [0.29, 0.717) is 11.4 Å². The molecule has 0 bridgehead atoms. The van der Waals surface area contributed by atoms with Gasteiger partial charge in [-0.05, 0) is 44.3 Å². The molecule has 2 aromatic rings. The minimum absolute atomic E-state index is 0.0688. The summed E-state index contributed by atoms with van der Waals surface area (Å²) >= 11 is 5.59. The Morgan fingerprint density at radius 2 is 1.94 bits per heavy atom. The minimum atomic E-state index is -4.66. The number of alkyl halides is 3. The van der Waals surface area contributed by atoms with Gasteiger partial charge in [0.1, 0.15) is 6.54 Å². The number of hydrogen-bond donors (Lipinski definition) is 2. The van der Waals surface area contributed by atoms with Crippen molar-refractivity contribution in [1.82, 2.24) is 4.90 Å².